The van der Waals surface area contributed by atoms with E-state index in [1.54, 1.807) is 78.9 Å². The van der Waals surface area contributed by atoms with Crippen molar-refractivity contribution in [2.24, 2.45) is 0 Å². The van der Waals surface area contributed by atoms with E-state index in [0.29, 0.717) is 27.0 Å². The second-order valence-corrected chi connectivity index (χ2v) is 11.8. The van der Waals surface area contributed by atoms with E-state index in [2.05, 4.69) is 61.8 Å². The highest BCUT2D eigenvalue weighted by Gasteiger charge is 2.32. The number of hydrogen-bond donors (Lipinski definition) is 6. The number of anilines is 4. The summed E-state index contributed by atoms with van der Waals surface area (Å²) in [4.78, 5) is 74.9. The molecular weight excluding hydrogens is 731 g/mol. The first-order valence-corrected chi connectivity index (χ1v) is 16.0. The van der Waals surface area contributed by atoms with Crippen molar-refractivity contribution in [2.45, 2.75) is 5.92 Å². The number of urea groups is 2. The summed E-state index contributed by atoms with van der Waals surface area (Å²) in [6, 6.07) is 20.0. The summed E-state index contributed by atoms with van der Waals surface area (Å²) in [5.74, 6) is -3.33. The number of allylic oxidation sites excluding steroid dienone is 1. The van der Waals surface area contributed by atoms with Gasteiger partial charge in [0.05, 0.1) is 0 Å². The number of fused-ring (bicyclic) bond motifs is 2. The molecule has 0 atom stereocenters. The van der Waals surface area contributed by atoms with Crippen LogP contribution >= 0.6 is 23.2 Å². The van der Waals surface area contributed by atoms with Crippen LogP contribution in [0.3, 0.4) is 0 Å². The summed E-state index contributed by atoms with van der Waals surface area (Å²) in [6.07, 6.45) is 2.66. The second-order valence-electron chi connectivity index (χ2n) is 10.9. The minimum absolute atomic E-state index is 0.213. The Bertz CT molecular complexity index is 2500. The summed E-state index contributed by atoms with van der Waals surface area (Å²) in [7, 11) is 0. The molecule has 0 saturated heterocycles. The molecule has 7 aromatic rings. The van der Waals surface area contributed by atoms with Crippen molar-refractivity contribution >= 4 is 82.0 Å². The van der Waals surface area contributed by atoms with Gasteiger partial charge in [-0.2, -0.15) is 9.03 Å². The Hall–Kier alpha value is -7.25. The van der Waals surface area contributed by atoms with E-state index in [1.807, 2.05) is 0 Å². The number of halogens is 2. The van der Waals surface area contributed by atoms with Crippen LogP contribution in [0, 0.1) is 0 Å². The number of amides is 4. The number of ketones is 1. The zero-order valence-corrected chi connectivity index (χ0v) is 28.1. The molecule has 4 amide bonds. The predicted molar refractivity (Wildman–Crippen MR) is 193 cm³/mol. The largest absolute Gasteiger partial charge is 0.326 e. The van der Waals surface area contributed by atoms with Gasteiger partial charge in [-0.3, -0.25) is 35.2 Å². The third-order valence-corrected chi connectivity index (χ3v) is 7.85. The van der Waals surface area contributed by atoms with Gasteiger partial charge in [-0.1, -0.05) is 59.6 Å². The highest BCUT2D eigenvalue weighted by molar-refractivity contribution is 6.31. The fourth-order valence-electron chi connectivity index (χ4n) is 4.92. The van der Waals surface area contributed by atoms with Crippen molar-refractivity contribution in [3.8, 4) is 0 Å². The fraction of sp³-hybridized carbons (Fsp3) is 0.0312. The maximum atomic E-state index is 13.9. The van der Waals surface area contributed by atoms with Crippen LogP contribution in [0.25, 0.3) is 17.6 Å². The molecule has 3 aromatic carbocycles. The van der Waals surface area contributed by atoms with Gasteiger partial charge in [0.2, 0.25) is 0 Å². The number of aromatic amines is 2. The number of H-pyrrole nitrogens is 2. The summed E-state index contributed by atoms with van der Waals surface area (Å²) < 4.78 is 1.97. The number of carbonyl (C=O) groups is 3. The lowest BCUT2D eigenvalue weighted by atomic mass is 9.95. The van der Waals surface area contributed by atoms with E-state index in [-0.39, 0.29) is 23.5 Å². The fourth-order valence-corrected chi connectivity index (χ4v) is 5.17. The zero-order valence-electron chi connectivity index (χ0n) is 26.6. The standard InChI is InChI=1S/C32H22Cl2N14O5/c33-17-7-11-19(12-8-17)35-31(52)39-29-43-41-27-37-23(25(50)45-47(27)29)22(21(49)15-6-16-4-2-1-3-5-16)24-26(51)46-48-28(38-24)42-44-30(48)40-32(53)36-20-13-9-18(34)10-14-20/h1-15,22H,(H,45,50)(H,46,51)(H2,35,39,43,52)(H2,36,40,44,53)/b15-6+. The second kappa shape index (κ2) is 14.5. The molecule has 0 aliphatic carbocycles. The Labute approximate surface area is 305 Å². The molecule has 7 rings (SSSR count). The maximum Gasteiger partial charge on any atom is 0.326 e. The number of aromatic nitrogens is 10. The normalized spacial score (nSPS) is 11.3. The molecule has 0 fully saturated rings. The first-order valence-electron chi connectivity index (χ1n) is 15.3. The smallest absolute Gasteiger partial charge is 0.308 e. The SMILES string of the molecule is O=C(Nc1ccc(Cl)cc1)Nc1nnc2nc(C(C(=O)/C=C/c3ccccc3)c3nc4nnc(NC(=O)Nc5ccc(Cl)cc5)n4[nH]c3=O)c(=O)[nH]n12. The highest BCUT2D eigenvalue weighted by Crippen LogP contribution is 2.21. The van der Waals surface area contributed by atoms with Crippen LogP contribution in [0.4, 0.5) is 32.9 Å². The molecule has 264 valence electrons. The first kappa shape index (κ1) is 34.2. The lowest BCUT2D eigenvalue weighted by Crippen LogP contribution is -2.32. The van der Waals surface area contributed by atoms with Gasteiger partial charge in [0.15, 0.2) is 5.78 Å². The number of carbonyl (C=O) groups excluding carboxylic acids is 3. The molecule has 4 aromatic heterocycles. The third-order valence-electron chi connectivity index (χ3n) is 7.35. The highest BCUT2D eigenvalue weighted by atomic mass is 35.5. The van der Waals surface area contributed by atoms with Crippen molar-refractivity contribution in [1.82, 2.24) is 49.6 Å². The molecule has 0 saturated carbocycles. The Morgan fingerprint density at radius 2 is 1.08 bits per heavy atom. The Kier molecular flexibility index (Phi) is 9.39. The van der Waals surface area contributed by atoms with Crippen LogP contribution in [-0.2, 0) is 4.79 Å². The average Bonchev–Trinajstić information content (AvgIpc) is 3.72. The monoisotopic (exact) mass is 752 g/mol. The van der Waals surface area contributed by atoms with Gasteiger partial charge < -0.3 is 10.6 Å². The summed E-state index contributed by atoms with van der Waals surface area (Å²) >= 11 is 11.8. The summed E-state index contributed by atoms with van der Waals surface area (Å²) in [6.45, 7) is 0. The van der Waals surface area contributed by atoms with Gasteiger partial charge in [0, 0.05) is 21.4 Å². The van der Waals surface area contributed by atoms with Gasteiger partial charge in [-0.25, -0.2) is 19.6 Å². The molecular formula is C32H22Cl2N14O5. The van der Waals surface area contributed by atoms with Gasteiger partial charge in [-0.15, -0.1) is 20.4 Å². The minimum Gasteiger partial charge on any atom is -0.308 e. The molecule has 21 heteroatoms. The summed E-state index contributed by atoms with van der Waals surface area (Å²) in [5, 5.41) is 31.5. The molecule has 0 bridgehead atoms. The quantitative estimate of drug-likeness (QED) is 0.115. The van der Waals surface area contributed by atoms with Crippen LogP contribution in [-0.4, -0.2) is 67.4 Å². The number of nitrogens with zero attached hydrogens (tertiary/aromatic N) is 8. The average molecular weight is 754 g/mol. The molecule has 0 unspecified atom stereocenters. The van der Waals surface area contributed by atoms with Crippen molar-refractivity contribution in [3.05, 3.63) is 133 Å². The van der Waals surface area contributed by atoms with Gasteiger partial charge in [-0.05, 0) is 60.2 Å². The van der Waals surface area contributed by atoms with Crippen LogP contribution in [0.2, 0.25) is 10.0 Å². The van der Waals surface area contributed by atoms with Crippen molar-refractivity contribution in [1.29, 1.82) is 0 Å². The maximum absolute atomic E-state index is 13.9. The number of rotatable bonds is 9. The Morgan fingerprint density at radius 3 is 1.53 bits per heavy atom. The van der Waals surface area contributed by atoms with E-state index in [9.17, 15) is 24.0 Å². The zero-order chi connectivity index (χ0) is 37.1. The van der Waals surface area contributed by atoms with Crippen LogP contribution < -0.4 is 32.4 Å². The molecule has 0 aliphatic heterocycles. The van der Waals surface area contributed by atoms with Crippen molar-refractivity contribution < 1.29 is 14.4 Å². The van der Waals surface area contributed by atoms with E-state index in [1.165, 1.54) is 12.2 Å². The Balaban J connectivity index is 1.22. The van der Waals surface area contributed by atoms with E-state index < -0.39 is 46.3 Å². The molecule has 0 aliphatic rings. The first-order chi connectivity index (χ1) is 25.6. The Morgan fingerprint density at radius 1 is 0.623 bits per heavy atom. The molecule has 6 N–H and O–H groups in total. The molecule has 19 nitrogen and oxygen atoms in total. The number of benzene rings is 3. The van der Waals surface area contributed by atoms with Crippen LogP contribution in [0.5, 0.6) is 0 Å². The van der Waals surface area contributed by atoms with Gasteiger partial charge in [0.1, 0.15) is 17.3 Å². The molecule has 53 heavy (non-hydrogen) atoms. The molecule has 4 heterocycles. The van der Waals surface area contributed by atoms with Gasteiger partial charge >= 0.3 is 12.1 Å². The van der Waals surface area contributed by atoms with Crippen LogP contribution in [0.15, 0.2) is 94.5 Å². The molecule has 0 spiro atoms. The van der Waals surface area contributed by atoms with Crippen LogP contribution in [0.1, 0.15) is 22.9 Å². The molecule has 0 radical (unpaired) electrons. The van der Waals surface area contributed by atoms with E-state index >= 15 is 0 Å². The third kappa shape index (κ3) is 7.60. The summed E-state index contributed by atoms with van der Waals surface area (Å²) in [5.41, 5.74) is -1.30. The van der Waals surface area contributed by atoms with Crippen molar-refractivity contribution in [3.63, 3.8) is 0 Å². The predicted octanol–water partition coefficient (Wildman–Crippen LogP) is 3.95. The topological polar surface area (TPSA) is 251 Å². The van der Waals surface area contributed by atoms with Gasteiger partial charge in [0.25, 0.3) is 34.6 Å². The van der Waals surface area contributed by atoms with Crippen molar-refractivity contribution in [2.75, 3.05) is 21.3 Å². The lowest BCUT2D eigenvalue weighted by Gasteiger charge is -2.12. The number of hydrogen-bond acceptors (Lipinski definition) is 11. The van der Waals surface area contributed by atoms with E-state index in [0.717, 1.165) is 9.03 Å². The lowest BCUT2D eigenvalue weighted by molar-refractivity contribution is -0.115. The minimum atomic E-state index is -1.69. The van der Waals surface area contributed by atoms with E-state index in [4.69, 9.17) is 23.2 Å². The number of nitrogens with one attached hydrogen (secondary N) is 6.